The molecular formula is C16H28N2O2. The topological polar surface area (TPSA) is 58.7 Å². The molecule has 4 heteroatoms. The van der Waals surface area contributed by atoms with Crippen LogP contribution in [0.15, 0.2) is 24.3 Å². The van der Waals surface area contributed by atoms with E-state index in [0.717, 1.165) is 30.6 Å². The van der Waals surface area contributed by atoms with E-state index in [0.29, 0.717) is 19.2 Å². The quantitative estimate of drug-likeness (QED) is 0.682. The number of hydrogen-bond acceptors (Lipinski definition) is 4. The Hall–Kier alpha value is -1.10. The predicted octanol–water partition coefficient (Wildman–Crippen LogP) is 2.44. The van der Waals surface area contributed by atoms with Crippen molar-refractivity contribution in [2.45, 2.75) is 38.8 Å². The van der Waals surface area contributed by atoms with Gasteiger partial charge in [0.1, 0.15) is 0 Å². The van der Waals surface area contributed by atoms with E-state index in [-0.39, 0.29) is 0 Å². The molecule has 3 N–H and O–H groups in total. The van der Waals surface area contributed by atoms with Gasteiger partial charge >= 0.3 is 0 Å². The number of benzene rings is 1. The van der Waals surface area contributed by atoms with Crippen molar-refractivity contribution < 1.29 is 9.84 Å². The van der Waals surface area contributed by atoms with E-state index >= 15 is 0 Å². The van der Waals surface area contributed by atoms with Crippen LogP contribution in [0.4, 0.5) is 5.69 Å². The second-order valence-electron chi connectivity index (χ2n) is 5.14. The Labute approximate surface area is 122 Å². The Morgan fingerprint density at radius 1 is 1.20 bits per heavy atom. The molecule has 1 atom stereocenters. The van der Waals surface area contributed by atoms with Crippen LogP contribution in [0.2, 0.25) is 0 Å². The molecule has 0 aliphatic heterocycles. The Kier molecular flexibility index (Phi) is 7.59. The number of nitrogens with two attached hydrogens (primary N) is 1. The van der Waals surface area contributed by atoms with Crippen molar-refractivity contribution in [3.63, 3.8) is 0 Å². The summed E-state index contributed by atoms with van der Waals surface area (Å²) in [6, 6.07) is 7.92. The zero-order valence-electron chi connectivity index (χ0n) is 12.9. The highest BCUT2D eigenvalue weighted by atomic mass is 16.5. The van der Waals surface area contributed by atoms with Crippen molar-refractivity contribution in [3.8, 4) is 0 Å². The van der Waals surface area contributed by atoms with Crippen LogP contribution in [0.1, 0.15) is 38.4 Å². The van der Waals surface area contributed by atoms with Crippen molar-refractivity contribution in [2.24, 2.45) is 0 Å². The maximum atomic E-state index is 10.4. The van der Waals surface area contributed by atoms with Gasteiger partial charge in [0.15, 0.2) is 0 Å². The number of rotatable bonds is 9. The largest absolute Gasteiger partial charge is 0.399 e. The number of anilines is 1. The smallest absolute Gasteiger partial charge is 0.0917 e. The minimum Gasteiger partial charge on any atom is -0.399 e. The van der Waals surface area contributed by atoms with Crippen LogP contribution in [0.5, 0.6) is 0 Å². The molecule has 1 rings (SSSR count). The number of aliphatic hydroxyl groups is 1. The summed E-state index contributed by atoms with van der Waals surface area (Å²) < 4.78 is 5.17. The lowest BCUT2D eigenvalue weighted by Crippen LogP contribution is -2.39. The third-order valence-corrected chi connectivity index (χ3v) is 3.77. The molecule has 0 fully saturated rings. The Balaban J connectivity index is 2.69. The van der Waals surface area contributed by atoms with Gasteiger partial charge in [-0.15, -0.1) is 0 Å². The average molecular weight is 280 g/mol. The molecule has 114 valence electrons. The Bertz CT molecular complexity index is 363. The van der Waals surface area contributed by atoms with Gasteiger partial charge in [0.2, 0.25) is 0 Å². The summed E-state index contributed by atoms with van der Waals surface area (Å²) in [6.07, 6.45) is 1.66. The molecule has 0 aromatic heterocycles. The summed E-state index contributed by atoms with van der Waals surface area (Å²) in [4.78, 5) is 2.31. The summed E-state index contributed by atoms with van der Waals surface area (Å²) in [5.74, 6) is 0. The van der Waals surface area contributed by atoms with Gasteiger partial charge in [-0.3, -0.25) is 4.90 Å². The van der Waals surface area contributed by atoms with Crippen LogP contribution >= 0.6 is 0 Å². The van der Waals surface area contributed by atoms with E-state index in [1.165, 1.54) is 0 Å². The molecule has 1 unspecified atom stereocenters. The molecule has 0 aliphatic carbocycles. The lowest BCUT2D eigenvalue weighted by atomic mass is 10.1. The fourth-order valence-electron chi connectivity index (χ4n) is 2.48. The monoisotopic (exact) mass is 280 g/mol. The van der Waals surface area contributed by atoms with Crippen LogP contribution < -0.4 is 5.73 Å². The first kappa shape index (κ1) is 17.0. The second kappa shape index (κ2) is 8.95. The molecule has 1 aromatic carbocycles. The second-order valence-corrected chi connectivity index (χ2v) is 5.14. The van der Waals surface area contributed by atoms with Crippen LogP contribution in [0.25, 0.3) is 0 Å². The molecule has 20 heavy (non-hydrogen) atoms. The van der Waals surface area contributed by atoms with Gasteiger partial charge in [-0.25, -0.2) is 0 Å². The number of ether oxygens (including phenoxy) is 1. The van der Waals surface area contributed by atoms with Crippen molar-refractivity contribution in [3.05, 3.63) is 29.8 Å². The molecule has 0 heterocycles. The highest BCUT2D eigenvalue weighted by molar-refractivity contribution is 5.39. The van der Waals surface area contributed by atoms with E-state index < -0.39 is 6.10 Å². The molecule has 0 spiro atoms. The first-order chi connectivity index (χ1) is 9.62. The molecule has 4 nitrogen and oxygen atoms in total. The third kappa shape index (κ3) is 5.12. The van der Waals surface area contributed by atoms with E-state index in [2.05, 4.69) is 18.7 Å². The van der Waals surface area contributed by atoms with Gasteiger partial charge in [0, 0.05) is 31.9 Å². The Morgan fingerprint density at radius 3 is 2.30 bits per heavy atom. The number of nitrogen functional groups attached to an aromatic ring is 1. The van der Waals surface area contributed by atoms with Crippen LogP contribution in [0, 0.1) is 0 Å². The summed E-state index contributed by atoms with van der Waals surface area (Å²) >= 11 is 0. The fourth-order valence-corrected chi connectivity index (χ4v) is 2.48. The fraction of sp³-hybridized carbons (Fsp3) is 0.625. The molecule has 0 amide bonds. The summed E-state index contributed by atoms with van der Waals surface area (Å²) in [5.41, 5.74) is 7.31. The highest BCUT2D eigenvalue weighted by Crippen LogP contribution is 2.19. The molecular weight excluding hydrogens is 252 g/mol. The number of aliphatic hydroxyl groups excluding tert-OH is 1. The lowest BCUT2D eigenvalue weighted by molar-refractivity contribution is 0.0608. The van der Waals surface area contributed by atoms with Crippen LogP contribution in [0.3, 0.4) is 0 Å². The number of nitrogens with zero attached hydrogens (tertiary/aromatic N) is 1. The van der Waals surface area contributed by atoms with Crippen LogP contribution in [-0.2, 0) is 4.74 Å². The van der Waals surface area contributed by atoms with Crippen molar-refractivity contribution in [2.75, 3.05) is 32.5 Å². The molecule has 0 aliphatic rings. The molecule has 0 bridgehead atoms. The molecule has 0 radical (unpaired) electrons. The summed E-state index contributed by atoms with van der Waals surface area (Å²) in [7, 11) is 1.71. The SMILES string of the molecule is CCC(CC)N(CCOC)CC(O)c1ccc(N)cc1. The highest BCUT2D eigenvalue weighted by Gasteiger charge is 2.19. The van der Waals surface area contributed by atoms with Gasteiger partial charge in [-0.1, -0.05) is 26.0 Å². The van der Waals surface area contributed by atoms with E-state index in [4.69, 9.17) is 10.5 Å². The summed E-state index contributed by atoms with van der Waals surface area (Å²) in [5, 5.41) is 10.4. The average Bonchev–Trinajstić information content (AvgIpc) is 2.46. The first-order valence-electron chi connectivity index (χ1n) is 7.38. The summed E-state index contributed by atoms with van der Waals surface area (Å²) in [6.45, 7) is 6.52. The zero-order valence-corrected chi connectivity index (χ0v) is 12.9. The maximum Gasteiger partial charge on any atom is 0.0917 e. The lowest BCUT2D eigenvalue weighted by Gasteiger charge is -2.32. The van der Waals surface area contributed by atoms with Gasteiger partial charge < -0.3 is 15.6 Å². The minimum absolute atomic E-state index is 0.480. The van der Waals surface area contributed by atoms with Crippen molar-refractivity contribution in [1.29, 1.82) is 0 Å². The number of hydrogen-bond donors (Lipinski definition) is 2. The van der Waals surface area contributed by atoms with E-state index in [1.54, 1.807) is 7.11 Å². The zero-order chi connectivity index (χ0) is 15.0. The van der Waals surface area contributed by atoms with Gasteiger partial charge in [-0.05, 0) is 30.5 Å². The van der Waals surface area contributed by atoms with Gasteiger partial charge in [0.25, 0.3) is 0 Å². The minimum atomic E-state index is -0.493. The van der Waals surface area contributed by atoms with Crippen LogP contribution in [-0.4, -0.2) is 42.9 Å². The molecule has 0 saturated heterocycles. The van der Waals surface area contributed by atoms with E-state index in [1.807, 2.05) is 24.3 Å². The first-order valence-corrected chi connectivity index (χ1v) is 7.38. The standard InChI is InChI=1S/C16H28N2O2/c1-4-15(5-2)18(10-11-20-3)12-16(19)13-6-8-14(17)9-7-13/h6-9,15-16,19H,4-5,10-12,17H2,1-3H3. The van der Waals surface area contributed by atoms with Gasteiger partial charge in [0.05, 0.1) is 12.7 Å². The number of methoxy groups -OCH3 is 1. The third-order valence-electron chi connectivity index (χ3n) is 3.77. The molecule has 0 saturated carbocycles. The van der Waals surface area contributed by atoms with Gasteiger partial charge in [-0.2, -0.15) is 0 Å². The van der Waals surface area contributed by atoms with Crippen molar-refractivity contribution >= 4 is 5.69 Å². The maximum absolute atomic E-state index is 10.4. The predicted molar refractivity (Wildman–Crippen MR) is 83.6 cm³/mol. The Morgan fingerprint density at radius 2 is 1.80 bits per heavy atom. The van der Waals surface area contributed by atoms with Crippen molar-refractivity contribution in [1.82, 2.24) is 4.90 Å². The van der Waals surface area contributed by atoms with E-state index in [9.17, 15) is 5.11 Å². The molecule has 1 aromatic rings. The normalized spacial score (nSPS) is 13.1.